The van der Waals surface area contributed by atoms with Crippen LogP contribution in [0.5, 0.6) is 0 Å². The van der Waals surface area contributed by atoms with Crippen LogP contribution >= 0.6 is 0 Å². The summed E-state index contributed by atoms with van der Waals surface area (Å²) in [5.41, 5.74) is 0.780. The minimum atomic E-state index is -3.00. The Bertz CT molecular complexity index is 962. The van der Waals surface area contributed by atoms with Crippen LogP contribution in [0.25, 0.3) is 0 Å². The monoisotopic (exact) mass is 390 g/mol. The number of hydrogen-bond donors (Lipinski definition) is 2. The van der Waals surface area contributed by atoms with Crippen LogP contribution in [0.2, 0.25) is 0 Å². The molecule has 0 spiro atoms. The largest absolute Gasteiger partial charge is 0.478 e. The first-order valence-electron chi connectivity index (χ1n) is 8.70. The van der Waals surface area contributed by atoms with Gasteiger partial charge < -0.3 is 15.3 Å². The summed E-state index contributed by atoms with van der Waals surface area (Å²) < 4.78 is 23.7. The van der Waals surface area contributed by atoms with E-state index in [-0.39, 0.29) is 23.1 Å². The summed E-state index contributed by atoms with van der Waals surface area (Å²) in [5, 5.41) is 12.2. The number of anilines is 3. The second-order valence-corrected chi connectivity index (χ2v) is 8.74. The lowest BCUT2D eigenvalue weighted by atomic mass is 10.2. The van der Waals surface area contributed by atoms with Crippen LogP contribution in [0, 0.1) is 6.92 Å². The molecule has 1 atom stereocenters. The smallest absolute Gasteiger partial charge is 0.335 e. The summed E-state index contributed by atoms with van der Waals surface area (Å²) in [5.74, 6) is 1.06. The summed E-state index contributed by atoms with van der Waals surface area (Å²) in [6.07, 6.45) is 0.586. The highest BCUT2D eigenvalue weighted by atomic mass is 32.2. The highest BCUT2D eigenvalue weighted by Gasteiger charge is 2.32. The third-order valence-electron chi connectivity index (χ3n) is 4.49. The van der Waals surface area contributed by atoms with Gasteiger partial charge in [0, 0.05) is 24.3 Å². The van der Waals surface area contributed by atoms with Crippen molar-refractivity contribution >= 4 is 33.1 Å². The number of hydrogen-bond acceptors (Lipinski definition) is 7. The highest BCUT2D eigenvalue weighted by Crippen LogP contribution is 2.26. The van der Waals surface area contributed by atoms with E-state index >= 15 is 0 Å². The van der Waals surface area contributed by atoms with E-state index < -0.39 is 15.8 Å². The van der Waals surface area contributed by atoms with Crippen LogP contribution < -0.4 is 10.2 Å². The predicted octanol–water partition coefficient (Wildman–Crippen LogP) is 2.24. The number of carboxylic acids is 1. The lowest BCUT2D eigenvalue weighted by Crippen LogP contribution is -2.37. The highest BCUT2D eigenvalue weighted by molar-refractivity contribution is 7.91. The van der Waals surface area contributed by atoms with Gasteiger partial charge in [0.1, 0.15) is 17.5 Å². The number of sulfone groups is 1. The standard InChI is InChI=1S/C18H22N4O4S/c1-3-22(15-7-8-27(25,26)11-15)17-10-16(19-12(2)20-17)21-14-6-4-5-13(9-14)18(23)24/h4-6,9-10,15H,3,7-8,11H2,1-2H3,(H,23,24)(H,19,20,21). The molecule has 2 N–H and O–H groups in total. The summed E-state index contributed by atoms with van der Waals surface area (Å²) >= 11 is 0. The molecule has 9 heteroatoms. The quantitative estimate of drug-likeness (QED) is 0.772. The van der Waals surface area contributed by atoms with Crippen LogP contribution in [0.1, 0.15) is 29.5 Å². The molecule has 0 amide bonds. The molecule has 144 valence electrons. The fraction of sp³-hybridized carbons (Fsp3) is 0.389. The number of aryl methyl sites for hydroxylation is 1. The number of carbonyl (C=O) groups is 1. The van der Waals surface area contributed by atoms with Crippen LogP contribution in [0.3, 0.4) is 0 Å². The van der Waals surface area contributed by atoms with Crippen molar-refractivity contribution in [3.8, 4) is 0 Å². The first-order chi connectivity index (χ1) is 12.8. The number of benzene rings is 1. The van der Waals surface area contributed by atoms with Gasteiger partial charge >= 0.3 is 5.97 Å². The molecule has 1 aliphatic rings. The SMILES string of the molecule is CCN(c1cc(Nc2cccc(C(=O)O)c2)nc(C)n1)C1CCS(=O)(=O)C1. The predicted molar refractivity (Wildman–Crippen MR) is 104 cm³/mol. The van der Waals surface area contributed by atoms with Gasteiger partial charge in [0.15, 0.2) is 9.84 Å². The molecule has 8 nitrogen and oxygen atoms in total. The lowest BCUT2D eigenvalue weighted by molar-refractivity contribution is 0.0697. The fourth-order valence-electron chi connectivity index (χ4n) is 3.27. The normalized spacial score (nSPS) is 18.2. The van der Waals surface area contributed by atoms with E-state index in [2.05, 4.69) is 15.3 Å². The molecule has 1 unspecified atom stereocenters. The molecule has 3 rings (SSSR count). The zero-order chi connectivity index (χ0) is 19.6. The van der Waals surface area contributed by atoms with E-state index in [1.165, 1.54) is 12.1 Å². The van der Waals surface area contributed by atoms with Gasteiger partial charge in [-0.1, -0.05) is 6.07 Å². The molecule has 0 saturated carbocycles. The molecule has 0 aliphatic carbocycles. The Labute approximate surface area is 158 Å². The maximum atomic E-state index is 11.8. The van der Waals surface area contributed by atoms with Crippen LogP contribution in [0.4, 0.5) is 17.3 Å². The Kier molecular flexibility index (Phi) is 5.31. The number of aromatic nitrogens is 2. The molecule has 1 aromatic carbocycles. The van der Waals surface area contributed by atoms with Gasteiger partial charge in [-0.3, -0.25) is 0 Å². The summed E-state index contributed by atoms with van der Waals surface area (Å²) in [4.78, 5) is 21.9. The average Bonchev–Trinajstić information content (AvgIpc) is 2.95. The van der Waals surface area contributed by atoms with E-state index in [0.717, 1.165) is 0 Å². The maximum absolute atomic E-state index is 11.8. The van der Waals surface area contributed by atoms with E-state index in [4.69, 9.17) is 5.11 Å². The molecular weight excluding hydrogens is 368 g/mol. The molecule has 1 fully saturated rings. The van der Waals surface area contributed by atoms with Crippen LogP contribution in [0.15, 0.2) is 30.3 Å². The summed E-state index contributed by atoms with van der Waals surface area (Å²) in [7, 11) is -3.00. The molecule has 2 aromatic rings. The van der Waals surface area contributed by atoms with Crippen molar-refractivity contribution in [2.75, 3.05) is 28.3 Å². The fourth-order valence-corrected chi connectivity index (χ4v) is 5.00. The van der Waals surface area contributed by atoms with E-state index in [1.807, 2.05) is 11.8 Å². The molecule has 0 bridgehead atoms. The second-order valence-electron chi connectivity index (χ2n) is 6.51. The Morgan fingerprint density at radius 1 is 1.33 bits per heavy atom. The molecule has 1 saturated heterocycles. The Hall–Kier alpha value is -2.68. The molecule has 1 aliphatic heterocycles. The third kappa shape index (κ3) is 4.54. The van der Waals surface area contributed by atoms with Gasteiger partial charge in [-0.15, -0.1) is 0 Å². The van der Waals surface area contributed by atoms with Crippen molar-refractivity contribution in [3.05, 3.63) is 41.7 Å². The van der Waals surface area contributed by atoms with E-state index in [9.17, 15) is 13.2 Å². The number of nitrogens with one attached hydrogen (secondary N) is 1. The topological polar surface area (TPSA) is 112 Å². The zero-order valence-electron chi connectivity index (χ0n) is 15.2. The maximum Gasteiger partial charge on any atom is 0.335 e. The van der Waals surface area contributed by atoms with Gasteiger partial charge in [0.05, 0.1) is 17.1 Å². The van der Waals surface area contributed by atoms with Gasteiger partial charge in [-0.05, 0) is 38.5 Å². The molecule has 27 heavy (non-hydrogen) atoms. The second kappa shape index (κ2) is 7.51. The van der Waals surface area contributed by atoms with Crippen molar-refractivity contribution in [2.45, 2.75) is 26.3 Å². The van der Waals surface area contributed by atoms with Crippen LogP contribution in [-0.2, 0) is 9.84 Å². The zero-order valence-corrected chi connectivity index (χ0v) is 16.0. The van der Waals surface area contributed by atoms with Gasteiger partial charge in [-0.2, -0.15) is 0 Å². The Morgan fingerprint density at radius 3 is 2.74 bits per heavy atom. The van der Waals surface area contributed by atoms with Crippen molar-refractivity contribution in [1.29, 1.82) is 0 Å². The molecule has 0 radical (unpaired) electrons. The van der Waals surface area contributed by atoms with E-state index in [0.29, 0.717) is 36.1 Å². The number of nitrogens with zero attached hydrogens (tertiary/aromatic N) is 3. The average molecular weight is 390 g/mol. The summed E-state index contributed by atoms with van der Waals surface area (Å²) in [6, 6.07) is 8.11. The van der Waals surface area contributed by atoms with Crippen molar-refractivity contribution in [1.82, 2.24) is 9.97 Å². The first kappa shape index (κ1) is 19.1. The minimum absolute atomic E-state index is 0.0995. The van der Waals surface area contributed by atoms with Gasteiger partial charge in [0.25, 0.3) is 0 Å². The molecular formula is C18H22N4O4S. The van der Waals surface area contributed by atoms with Crippen molar-refractivity contribution in [3.63, 3.8) is 0 Å². The first-order valence-corrected chi connectivity index (χ1v) is 10.5. The van der Waals surface area contributed by atoms with Crippen LogP contribution in [-0.4, -0.2) is 53.6 Å². The number of carboxylic acid groups (broad SMARTS) is 1. The van der Waals surface area contributed by atoms with E-state index in [1.54, 1.807) is 25.1 Å². The Balaban J connectivity index is 1.87. The number of aromatic carboxylic acids is 1. The third-order valence-corrected chi connectivity index (χ3v) is 6.24. The van der Waals surface area contributed by atoms with Gasteiger partial charge in [-0.25, -0.2) is 23.2 Å². The minimum Gasteiger partial charge on any atom is -0.478 e. The Morgan fingerprint density at radius 2 is 2.11 bits per heavy atom. The molecule has 2 heterocycles. The van der Waals surface area contributed by atoms with Crippen molar-refractivity contribution in [2.24, 2.45) is 0 Å². The summed E-state index contributed by atoms with van der Waals surface area (Å²) in [6.45, 7) is 4.36. The number of rotatable bonds is 6. The van der Waals surface area contributed by atoms with Crippen molar-refractivity contribution < 1.29 is 18.3 Å². The van der Waals surface area contributed by atoms with Gasteiger partial charge in [0.2, 0.25) is 0 Å². The lowest BCUT2D eigenvalue weighted by Gasteiger charge is -2.28. The molecule has 1 aromatic heterocycles.